The molecule has 1 aromatic carbocycles. The minimum absolute atomic E-state index is 0.412. The Bertz CT molecular complexity index is 427. The van der Waals surface area contributed by atoms with E-state index in [1.807, 2.05) is 0 Å². The zero-order valence-corrected chi connectivity index (χ0v) is 13.4. The number of rotatable bonds is 7. The molecule has 20 heavy (non-hydrogen) atoms. The van der Waals surface area contributed by atoms with E-state index in [-0.39, 0.29) is 0 Å². The lowest BCUT2D eigenvalue weighted by Crippen LogP contribution is -2.29. The predicted molar refractivity (Wildman–Crippen MR) is 85.3 cm³/mol. The number of hydrogen-bond acceptors (Lipinski definition) is 2. The molecule has 2 unspecified atom stereocenters. The fourth-order valence-electron chi connectivity index (χ4n) is 2.91. The van der Waals surface area contributed by atoms with E-state index in [9.17, 15) is 0 Å². The van der Waals surface area contributed by atoms with Crippen LogP contribution < -0.4 is 10.1 Å². The van der Waals surface area contributed by atoms with E-state index in [4.69, 9.17) is 4.74 Å². The normalized spacial score (nSPS) is 16.9. The lowest BCUT2D eigenvalue weighted by atomic mass is 10.0. The first-order chi connectivity index (χ1) is 9.56. The third-order valence-electron chi connectivity index (χ3n) is 4.17. The van der Waals surface area contributed by atoms with E-state index in [1.54, 1.807) is 0 Å². The largest absolute Gasteiger partial charge is 0.493 e. The number of hydrogen-bond donors (Lipinski definition) is 1. The first-order valence-corrected chi connectivity index (χ1v) is 8.08. The van der Waals surface area contributed by atoms with Gasteiger partial charge in [-0.1, -0.05) is 38.8 Å². The van der Waals surface area contributed by atoms with Crippen LogP contribution in [0.15, 0.2) is 18.2 Å². The Morgan fingerprint density at radius 2 is 1.95 bits per heavy atom. The van der Waals surface area contributed by atoms with Crippen molar-refractivity contribution in [2.45, 2.75) is 65.5 Å². The van der Waals surface area contributed by atoms with Crippen molar-refractivity contribution in [3.05, 3.63) is 29.3 Å². The summed E-state index contributed by atoms with van der Waals surface area (Å²) in [5, 5.41) is 3.72. The van der Waals surface area contributed by atoms with Crippen LogP contribution in [0.2, 0.25) is 0 Å². The Balaban J connectivity index is 1.83. The van der Waals surface area contributed by atoms with Crippen LogP contribution in [-0.2, 0) is 6.42 Å². The summed E-state index contributed by atoms with van der Waals surface area (Å²) in [6.45, 7) is 10.00. The molecular formula is C18H29NO. The summed E-state index contributed by atoms with van der Waals surface area (Å²) >= 11 is 0. The molecule has 1 N–H and O–H groups in total. The minimum atomic E-state index is 0.412. The van der Waals surface area contributed by atoms with Crippen LogP contribution in [0.4, 0.5) is 0 Å². The highest BCUT2D eigenvalue weighted by atomic mass is 16.5. The molecule has 1 aliphatic heterocycles. The smallest absolute Gasteiger partial charge is 0.122 e. The third kappa shape index (κ3) is 4.24. The van der Waals surface area contributed by atoms with Gasteiger partial charge in [0.15, 0.2) is 0 Å². The van der Waals surface area contributed by atoms with Crippen LogP contribution in [0.5, 0.6) is 5.75 Å². The average Bonchev–Trinajstić information content (AvgIpc) is 2.85. The molecule has 1 heterocycles. The molecule has 0 aromatic heterocycles. The summed E-state index contributed by atoms with van der Waals surface area (Å²) in [6.07, 6.45) is 4.96. The van der Waals surface area contributed by atoms with Gasteiger partial charge in [0.1, 0.15) is 5.75 Å². The second-order valence-electron chi connectivity index (χ2n) is 6.58. The van der Waals surface area contributed by atoms with Crippen molar-refractivity contribution in [1.82, 2.24) is 5.32 Å². The van der Waals surface area contributed by atoms with Gasteiger partial charge < -0.3 is 10.1 Å². The molecule has 2 heteroatoms. The highest BCUT2D eigenvalue weighted by molar-refractivity contribution is 5.40. The van der Waals surface area contributed by atoms with E-state index in [1.165, 1.54) is 30.4 Å². The molecule has 0 bridgehead atoms. The van der Waals surface area contributed by atoms with Gasteiger partial charge in [-0.05, 0) is 43.4 Å². The monoisotopic (exact) mass is 275 g/mol. The third-order valence-corrected chi connectivity index (χ3v) is 4.17. The van der Waals surface area contributed by atoms with E-state index in [0.29, 0.717) is 12.1 Å². The van der Waals surface area contributed by atoms with E-state index in [2.05, 4.69) is 51.2 Å². The quantitative estimate of drug-likeness (QED) is 0.792. The number of nitrogens with one attached hydrogen (secondary N) is 1. The van der Waals surface area contributed by atoms with E-state index in [0.717, 1.165) is 24.7 Å². The predicted octanol–water partition coefficient (Wildman–Crippen LogP) is 4.49. The van der Waals surface area contributed by atoms with Gasteiger partial charge >= 0.3 is 0 Å². The summed E-state index contributed by atoms with van der Waals surface area (Å²) in [7, 11) is 0. The van der Waals surface area contributed by atoms with Gasteiger partial charge in [0.25, 0.3) is 0 Å². The maximum absolute atomic E-state index is 5.57. The SMILES string of the molecule is CC(C)CCCC(C)NC(C)c1ccc2c(c1)CCO2. The standard InChI is InChI=1S/C18H29NO/c1-13(2)6-5-7-14(3)19-15(4)16-8-9-18-17(12-16)10-11-20-18/h8-9,12-15,19H,5-7,10-11H2,1-4H3. The summed E-state index contributed by atoms with van der Waals surface area (Å²) in [5.74, 6) is 1.89. The van der Waals surface area contributed by atoms with Gasteiger partial charge in [-0.3, -0.25) is 0 Å². The van der Waals surface area contributed by atoms with Crippen LogP contribution in [0.3, 0.4) is 0 Å². The van der Waals surface area contributed by atoms with Gasteiger partial charge in [0.05, 0.1) is 6.61 Å². The van der Waals surface area contributed by atoms with Crippen LogP contribution >= 0.6 is 0 Å². The Morgan fingerprint density at radius 3 is 2.70 bits per heavy atom. The zero-order valence-electron chi connectivity index (χ0n) is 13.4. The Kier molecular flexibility index (Phi) is 5.47. The van der Waals surface area contributed by atoms with Crippen LogP contribution in [0.1, 0.15) is 64.1 Å². The highest BCUT2D eigenvalue weighted by Gasteiger charge is 2.15. The number of fused-ring (bicyclic) bond motifs is 1. The Morgan fingerprint density at radius 1 is 1.15 bits per heavy atom. The van der Waals surface area contributed by atoms with Crippen molar-refractivity contribution in [2.24, 2.45) is 5.92 Å². The van der Waals surface area contributed by atoms with Gasteiger partial charge in [-0.15, -0.1) is 0 Å². The van der Waals surface area contributed by atoms with Crippen molar-refractivity contribution in [1.29, 1.82) is 0 Å². The molecule has 0 amide bonds. The van der Waals surface area contributed by atoms with Crippen molar-refractivity contribution in [2.75, 3.05) is 6.61 Å². The first kappa shape index (κ1) is 15.4. The fourth-order valence-corrected chi connectivity index (χ4v) is 2.91. The highest BCUT2D eigenvalue weighted by Crippen LogP contribution is 2.28. The first-order valence-electron chi connectivity index (χ1n) is 8.08. The van der Waals surface area contributed by atoms with E-state index >= 15 is 0 Å². The van der Waals surface area contributed by atoms with Crippen molar-refractivity contribution in [3.63, 3.8) is 0 Å². The molecule has 2 nitrogen and oxygen atoms in total. The van der Waals surface area contributed by atoms with Crippen molar-refractivity contribution >= 4 is 0 Å². The number of ether oxygens (including phenoxy) is 1. The number of benzene rings is 1. The van der Waals surface area contributed by atoms with E-state index < -0.39 is 0 Å². The second kappa shape index (κ2) is 7.12. The van der Waals surface area contributed by atoms with Gasteiger partial charge in [0, 0.05) is 18.5 Å². The molecule has 0 fully saturated rings. The molecule has 2 atom stereocenters. The molecule has 2 rings (SSSR count). The molecule has 0 aliphatic carbocycles. The Hall–Kier alpha value is -1.02. The molecule has 1 aromatic rings. The lowest BCUT2D eigenvalue weighted by Gasteiger charge is -2.21. The molecule has 0 saturated carbocycles. The van der Waals surface area contributed by atoms with Gasteiger partial charge in [-0.2, -0.15) is 0 Å². The minimum Gasteiger partial charge on any atom is -0.493 e. The fraction of sp³-hybridized carbons (Fsp3) is 0.667. The summed E-state index contributed by atoms with van der Waals surface area (Å²) < 4.78 is 5.57. The van der Waals surface area contributed by atoms with Crippen molar-refractivity contribution in [3.8, 4) is 5.75 Å². The molecule has 112 valence electrons. The molecule has 1 aliphatic rings. The molecule has 0 saturated heterocycles. The van der Waals surface area contributed by atoms with Gasteiger partial charge in [-0.25, -0.2) is 0 Å². The lowest BCUT2D eigenvalue weighted by molar-refractivity contribution is 0.356. The topological polar surface area (TPSA) is 21.3 Å². The average molecular weight is 275 g/mol. The van der Waals surface area contributed by atoms with Gasteiger partial charge in [0.2, 0.25) is 0 Å². The van der Waals surface area contributed by atoms with Crippen LogP contribution in [0, 0.1) is 5.92 Å². The maximum Gasteiger partial charge on any atom is 0.122 e. The Labute approximate surface area is 123 Å². The maximum atomic E-state index is 5.57. The van der Waals surface area contributed by atoms with Crippen LogP contribution in [-0.4, -0.2) is 12.6 Å². The molecular weight excluding hydrogens is 246 g/mol. The van der Waals surface area contributed by atoms with Crippen molar-refractivity contribution < 1.29 is 4.74 Å². The molecule has 0 spiro atoms. The summed E-state index contributed by atoms with van der Waals surface area (Å²) in [4.78, 5) is 0. The molecule has 0 radical (unpaired) electrons. The summed E-state index contributed by atoms with van der Waals surface area (Å²) in [6, 6.07) is 7.62. The second-order valence-corrected chi connectivity index (χ2v) is 6.58. The zero-order chi connectivity index (χ0) is 14.5. The summed E-state index contributed by atoms with van der Waals surface area (Å²) in [5.41, 5.74) is 2.74. The van der Waals surface area contributed by atoms with Crippen LogP contribution in [0.25, 0.3) is 0 Å².